The second-order valence-electron chi connectivity index (χ2n) is 4.51. The van der Waals surface area contributed by atoms with Crippen molar-refractivity contribution < 1.29 is 0 Å². The summed E-state index contributed by atoms with van der Waals surface area (Å²) < 4.78 is 14.7. The van der Waals surface area contributed by atoms with Crippen LogP contribution in [0, 0.1) is 0 Å². The SMILES string of the molecule is CSC1=C(SC)SC(=C2SC3=C(S2)S[13C](=C2SC(SC)=C(SC)S2)S3)S1. The fourth-order valence-corrected chi connectivity index (χ4v) is 18.9. The molecule has 26 heavy (non-hydrogen) atoms. The summed E-state index contributed by atoms with van der Waals surface area (Å²) in [6.45, 7) is 0. The van der Waals surface area contributed by atoms with Gasteiger partial charge >= 0.3 is 0 Å². The maximum absolute atomic E-state index is 2.18. The zero-order valence-electron chi connectivity index (χ0n) is 13.9. The largest absolute Gasteiger partial charge is 0.121 e. The minimum atomic E-state index is 1.46. The highest BCUT2D eigenvalue weighted by Crippen LogP contribution is 2.73. The molecule has 0 radical (unpaired) electrons. The van der Waals surface area contributed by atoms with E-state index in [-0.39, 0.29) is 0 Å². The van der Waals surface area contributed by atoms with E-state index in [9.17, 15) is 0 Å². The van der Waals surface area contributed by atoms with E-state index in [4.69, 9.17) is 0 Å². The molecule has 0 aromatic heterocycles. The van der Waals surface area contributed by atoms with Gasteiger partial charge < -0.3 is 0 Å². The molecule has 0 nitrogen and oxygen atoms in total. The van der Waals surface area contributed by atoms with E-state index in [0.29, 0.717) is 0 Å². The standard InChI is InChI=1S/C14H12S12/c1-15-5-6(16-2)20-9(19-5)11-23-13-14(24-11)26-12(25-13)10-21-7(17-3)8(18-4)22-10/h1-4H3/i11+1. The molecule has 12 heteroatoms. The fraction of sp³-hybridized carbons (Fsp3) is 0.286. The second kappa shape index (κ2) is 10.0. The van der Waals surface area contributed by atoms with E-state index in [2.05, 4.69) is 25.0 Å². The van der Waals surface area contributed by atoms with E-state index in [1.165, 1.54) is 42.4 Å². The molecule has 0 saturated carbocycles. The van der Waals surface area contributed by atoms with Crippen LogP contribution in [0.25, 0.3) is 0 Å². The van der Waals surface area contributed by atoms with E-state index >= 15 is 0 Å². The normalized spacial score (nSPS) is 23.5. The van der Waals surface area contributed by atoms with Crippen molar-refractivity contribution in [3.05, 3.63) is 42.4 Å². The molecule has 4 rings (SSSR count). The Morgan fingerprint density at radius 3 is 0.731 bits per heavy atom. The van der Waals surface area contributed by atoms with Crippen LogP contribution in [0.2, 0.25) is 0 Å². The van der Waals surface area contributed by atoms with Crippen molar-refractivity contribution in [1.29, 1.82) is 0 Å². The lowest BCUT2D eigenvalue weighted by atomic mass is 11.2. The van der Waals surface area contributed by atoms with Gasteiger partial charge in [-0.25, -0.2) is 0 Å². The molecule has 0 aliphatic carbocycles. The molecule has 0 amide bonds. The third-order valence-corrected chi connectivity index (χ3v) is 20.2. The second-order valence-corrected chi connectivity index (χ2v) is 18.5. The molecule has 0 saturated heterocycles. The molecule has 0 aromatic carbocycles. The van der Waals surface area contributed by atoms with Crippen molar-refractivity contribution in [2.45, 2.75) is 0 Å². The molecular weight excluding hydrogens is 554 g/mol. The third-order valence-electron chi connectivity index (χ3n) is 3.06. The van der Waals surface area contributed by atoms with Crippen molar-refractivity contribution >= 4 is 141 Å². The predicted molar refractivity (Wildman–Crippen MR) is 150 cm³/mol. The highest BCUT2D eigenvalue weighted by molar-refractivity contribution is 8.51. The Balaban J connectivity index is 1.44. The lowest BCUT2D eigenvalue weighted by molar-refractivity contribution is 2.30. The molecule has 0 fully saturated rings. The molecule has 0 N–H and O–H groups in total. The summed E-state index contributed by atoms with van der Waals surface area (Å²) in [5.74, 6) is 0. The first-order chi connectivity index (χ1) is 12.7. The highest BCUT2D eigenvalue weighted by atomic mass is 32.3. The Bertz CT molecular complexity index is 677. The third kappa shape index (κ3) is 4.56. The topological polar surface area (TPSA) is 0 Å². The number of hydrogen-bond acceptors (Lipinski definition) is 12. The minimum Gasteiger partial charge on any atom is -0.121 e. The smallest absolute Gasteiger partial charge is 0.0718 e. The average Bonchev–Trinajstić information content (AvgIpc) is 3.39. The molecule has 4 heterocycles. The molecule has 140 valence electrons. The Morgan fingerprint density at radius 2 is 0.538 bits per heavy atom. The first-order valence-electron chi connectivity index (χ1n) is 6.97. The number of rotatable bonds is 4. The van der Waals surface area contributed by atoms with Crippen LogP contribution in [0.4, 0.5) is 0 Å². The van der Waals surface area contributed by atoms with Crippen LogP contribution in [0.1, 0.15) is 0 Å². The van der Waals surface area contributed by atoms with E-state index in [0.717, 1.165) is 0 Å². The lowest BCUT2D eigenvalue weighted by Crippen LogP contribution is -1.72. The number of thioether (sulfide) groups is 12. The Kier molecular flexibility index (Phi) is 8.51. The Hall–Kier alpha value is 2.90. The monoisotopic (exact) mass is 565 g/mol. The van der Waals surface area contributed by atoms with Crippen LogP contribution >= 0.6 is 141 Å². The number of hydrogen-bond donors (Lipinski definition) is 0. The molecule has 4 aliphatic rings. The molecular formula is C14H12S12. The van der Waals surface area contributed by atoms with Crippen LogP contribution in [0.15, 0.2) is 42.4 Å². The molecule has 0 unspecified atom stereocenters. The van der Waals surface area contributed by atoms with Gasteiger partial charge in [-0.2, -0.15) is 0 Å². The van der Waals surface area contributed by atoms with Crippen LogP contribution in [-0.4, -0.2) is 25.0 Å². The molecule has 0 atom stereocenters. The van der Waals surface area contributed by atoms with Gasteiger partial charge in [0.1, 0.15) is 0 Å². The van der Waals surface area contributed by atoms with Crippen LogP contribution in [0.5, 0.6) is 0 Å². The zero-order chi connectivity index (χ0) is 18.3. The van der Waals surface area contributed by atoms with Gasteiger partial charge in [0.2, 0.25) is 0 Å². The Labute approximate surface area is 205 Å². The van der Waals surface area contributed by atoms with Gasteiger partial charge in [0.05, 0.1) is 42.4 Å². The highest BCUT2D eigenvalue weighted by Gasteiger charge is 2.36. The van der Waals surface area contributed by atoms with Crippen molar-refractivity contribution in [1.82, 2.24) is 0 Å². The van der Waals surface area contributed by atoms with E-state index in [1.807, 2.05) is 141 Å². The zero-order valence-corrected chi connectivity index (χ0v) is 23.7. The quantitative estimate of drug-likeness (QED) is 0.298. The molecule has 0 aromatic rings. The van der Waals surface area contributed by atoms with Crippen LogP contribution < -0.4 is 0 Å². The summed E-state index contributed by atoms with van der Waals surface area (Å²) in [5, 5.41) is 0. The first-order valence-corrected chi connectivity index (χ1v) is 18.4. The average molecular weight is 566 g/mol. The van der Waals surface area contributed by atoms with Crippen molar-refractivity contribution in [2.75, 3.05) is 25.0 Å². The van der Waals surface area contributed by atoms with Gasteiger partial charge in [-0.3, -0.25) is 0 Å². The van der Waals surface area contributed by atoms with Gasteiger partial charge in [0, 0.05) is 0 Å². The summed E-state index contributed by atoms with van der Waals surface area (Å²) in [6, 6.07) is 0. The van der Waals surface area contributed by atoms with Crippen LogP contribution in [0.3, 0.4) is 0 Å². The minimum absolute atomic E-state index is 1.46. The van der Waals surface area contributed by atoms with Crippen molar-refractivity contribution in [3.63, 3.8) is 0 Å². The maximum atomic E-state index is 2.18. The maximum Gasteiger partial charge on any atom is 0.0718 e. The van der Waals surface area contributed by atoms with Gasteiger partial charge in [-0.15, -0.1) is 47.0 Å². The lowest BCUT2D eigenvalue weighted by Gasteiger charge is -2.07. The summed E-state index contributed by atoms with van der Waals surface area (Å²) in [5.41, 5.74) is 0. The first kappa shape index (κ1) is 22.1. The van der Waals surface area contributed by atoms with Gasteiger partial charge in [0.15, 0.2) is 0 Å². The summed E-state index contributed by atoms with van der Waals surface area (Å²) in [7, 11) is 0. The fourth-order valence-electron chi connectivity index (χ4n) is 1.97. The molecule has 4 aliphatic heterocycles. The van der Waals surface area contributed by atoms with Crippen molar-refractivity contribution in [2.24, 2.45) is 0 Å². The van der Waals surface area contributed by atoms with Crippen molar-refractivity contribution in [3.8, 4) is 0 Å². The van der Waals surface area contributed by atoms with Gasteiger partial charge in [0.25, 0.3) is 0 Å². The molecule has 0 spiro atoms. The Morgan fingerprint density at radius 1 is 0.346 bits per heavy atom. The van der Waals surface area contributed by atoms with Gasteiger partial charge in [-0.05, 0) is 25.0 Å². The molecule has 0 bridgehead atoms. The summed E-state index contributed by atoms with van der Waals surface area (Å²) >= 11 is 23.2. The summed E-state index contributed by atoms with van der Waals surface area (Å²) in [4.78, 5) is 0. The van der Waals surface area contributed by atoms with Crippen LogP contribution in [-0.2, 0) is 0 Å². The predicted octanol–water partition coefficient (Wildman–Crippen LogP) is 9.99. The summed E-state index contributed by atoms with van der Waals surface area (Å²) in [6.07, 6.45) is 8.73. The van der Waals surface area contributed by atoms with Gasteiger partial charge in [-0.1, -0.05) is 94.1 Å². The van der Waals surface area contributed by atoms with E-state index < -0.39 is 0 Å². The van der Waals surface area contributed by atoms with E-state index in [1.54, 1.807) is 0 Å².